The summed E-state index contributed by atoms with van der Waals surface area (Å²) in [5.41, 5.74) is 0.215. The fourth-order valence-electron chi connectivity index (χ4n) is 2.48. The summed E-state index contributed by atoms with van der Waals surface area (Å²) in [5.74, 6) is 0.206. The van der Waals surface area contributed by atoms with E-state index in [2.05, 4.69) is 27.7 Å². The predicted octanol–water partition coefficient (Wildman–Crippen LogP) is 2.31. The fourth-order valence-corrected chi connectivity index (χ4v) is 2.48. The second-order valence-corrected chi connectivity index (χ2v) is 6.62. The minimum absolute atomic E-state index is 0.0385. The molecular weight excluding hydrogens is 202 g/mol. The lowest BCUT2D eigenvalue weighted by atomic mass is 9.71. The average Bonchev–Trinajstić information content (AvgIpc) is 2.81. The van der Waals surface area contributed by atoms with Gasteiger partial charge in [0.25, 0.3) is 0 Å². The summed E-state index contributed by atoms with van der Waals surface area (Å²) in [7, 11) is 3.63. The number of nitrogens with zero attached hydrogens (tertiary/aromatic N) is 1. The molecule has 1 unspecified atom stereocenters. The molecule has 0 spiro atoms. The number of epoxide rings is 1. The molecule has 0 aromatic carbocycles. The van der Waals surface area contributed by atoms with Gasteiger partial charge in [-0.05, 0) is 17.3 Å². The van der Waals surface area contributed by atoms with Crippen LogP contribution in [0, 0.1) is 10.8 Å². The third-order valence-corrected chi connectivity index (χ3v) is 3.27. The zero-order valence-electron chi connectivity index (χ0n) is 11.5. The van der Waals surface area contributed by atoms with Crippen LogP contribution in [0.1, 0.15) is 40.5 Å². The number of carbonyl (C=O) groups excluding carboxylic acids is 1. The maximum absolute atomic E-state index is 11.7. The molecule has 0 aliphatic carbocycles. The highest BCUT2D eigenvalue weighted by Gasteiger charge is 2.43. The Morgan fingerprint density at radius 3 is 2.19 bits per heavy atom. The zero-order valence-corrected chi connectivity index (χ0v) is 11.5. The topological polar surface area (TPSA) is 32.8 Å². The van der Waals surface area contributed by atoms with E-state index < -0.39 is 0 Å². The first-order valence-corrected chi connectivity index (χ1v) is 5.96. The quantitative estimate of drug-likeness (QED) is 0.675. The smallest absolute Gasteiger partial charge is 0.222 e. The Morgan fingerprint density at radius 1 is 1.31 bits per heavy atom. The van der Waals surface area contributed by atoms with Crippen molar-refractivity contribution >= 4 is 5.91 Å². The standard InChI is InChI=1S/C13H25NO2/c1-12(2,7-11(15)14(5)6)9-13(3,4)10-8-16-10/h10H,7-9H2,1-6H3. The summed E-state index contributed by atoms with van der Waals surface area (Å²) < 4.78 is 5.38. The van der Waals surface area contributed by atoms with Crippen molar-refractivity contribution in [3.8, 4) is 0 Å². The van der Waals surface area contributed by atoms with Gasteiger partial charge < -0.3 is 9.64 Å². The van der Waals surface area contributed by atoms with Crippen molar-refractivity contribution in [1.29, 1.82) is 0 Å². The lowest BCUT2D eigenvalue weighted by molar-refractivity contribution is -0.131. The normalized spacial score (nSPS) is 20.8. The Balaban J connectivity index is 2.53. The number of amides is 1. The van der Waals surface area contributed by atoms with Crippen molar-refractivity contribution in [1.82, 2.24) is 4.90 Å². The predicted molar refractivity (Wildman–Crippen MR) is 65.2 cm³/mol. The molecule has 0 N–H and O–H groups in total. The van der Waals surface area contributed by atoms with Crippen LogP contribution in [0.3, 0.4) is 0 Å². The van der Waals surface area contributed by atoms with E-state index in [9.17, 15) is 4.79 Å². The largest absolute Gasteiger partial charge is 0.373 e. The van der Waals surface area contributed by atoms with Gasteiger partial charge in [0.05, 0.1) is 12.7 Å². The maximum atomic E-state index is 11.7. The molecule has 3 heteroatoms. The SMILES string of the molecule is CN(C)C(=O)CC(C)(C)CC(C)(C)C1CO1. The average molecular weight is 227 g/mol. The molecule has 3 nitrogen and oxygen atoms in total. The summed E-state index contributed by atoms with van der Waals surface area (Å²) in [6, 6.07) is 0. The van der Waals surface area contributed by atoms with Gasteiger partial charge in [-0.15, -0.1) is 0 Å². The lowest BCUT2D eigenvalue weighted by Crippen LogP contribution is -2.33. The van der Waals surface area contributed by atoms with Gasteiger partial charge in [-0.1, -0.05) is 27.7 Å². The Kier molecular flexibility index (Phi) is 3.68. The summed E-state index contributed by atoms with van der Waals surface area (Å²) in [6.45, 7) is 9.67. The molecule has 0 saturated carbocycles. The fraction of sp³-hybridized carbons (Fsp3) is 0.923. The summed E-state index contributed by atoms with van der Waals surface area (Å²) in [6.07, 6.45) is 2.02. The summed E-state index contributed by atoms with van der Waals surface area (Å²) in [5, 5.41) is 0. The molecule has 1 fully saturated rings. The maximum Gasteiger partial charge on any atom is 0.222 e. The minimum atomic E-state index is 0.0385. The van der Waals surface area contributed by atoms with Crippen molar-refractivity contribution in [2.45, 2.75) is 46.6 Å². The van der Waals surface area contributed by atoms with E-state index >= 15 is 0 Å². The Morgan fingerprint density at radius 2 is 1.81 bits per heavy atom. The Labute approximate surface area is 99.1 Å². The van der Waals surface area contributed by atoms with Gasteiger partial charge in [-0.2, -0.15) is 0 Å². The Hall–Kier alpha value is -0.570. The highest BCUT2D eigenvalue weighted by Crippen LogP contribution is 2.43. The molecule has 1 amide bonds. The van der Waals surface area contributed by atoms with E-state index in [0.29, 0.717) is 12.5 Å². The molecule has 0 aromatic heterocycles. The molecule has 0 aromatic rings. The molecule has 94 valence electrons. The van der Waals surface area contributed by atoms with Crippen LogP contribution in [0.4, 0.5) is 0 Å². The van der Waals surface area contributed by atoms with Crippen molar-refractivity contribution in [2.75, 3.05) is 20.7 Å². The number of rotatable bonds is 5. The molecule has 1 aliphatic rings. The first kappa shape index (κ1) is 13.5. The van der Waals surface area contributed by atoms with Crippen LogP contribution in [0.25, 0.3) is 0 Å². The Bertz CT molecular complexity index is 265. The highest BCUT2D eigenvalue weighted by atomic mass is 16.6. The number of carbonyl (C=O) groups is 1. The van der Waals surface area contributed by atoms with Crippen molar-refractivity contribution in [3.05, 3.63) is 0 Å². The number of hydrogen-bond acceptors (Lipinski definition) is 2. The second kappa shape index (κ2) is 4.36. The highest BCUT2D eigenvalue weighted by molar-refractivity contribution is 5.76. The molecule has 1 saturated heterocycles. The minimum Gasteiger partial charge on any atom is -0.373 e. The van der Waals surface area contributed by atoms with Gasteiger partial charge >= 0.3 is 0 Å². The van der Waals surface area contributed by atoms with E-state index in [-0.39, 0.29) is 16.7 Å². The van der Waals surface area contributed by atoms with Crippen LogP contribution in [0.15, 0.2) is 0 Å². The molecule has 16 heavy (non-hydrogen) atoms. The molecule has 1 aliphatic heterocycles. The van der Waals surface area contributed by atoms with Gasteiger partial charge in [0.15, 0.2) is 0 Å². The van der Waals surface area contributed by atoms with E-state index in [4.69, 9.17) is 4.74 Å². The molecule has 0 radical (unpaired) electrons. The zero-order chi connectivity index (χ0) is 12.6. The van der Waals surface area contributed by atoms with Crippen LogP contribution >= 0.6 is 0 Å². The van der Waals surface area contributed by atoms with Gasteiger partial charge in [0.1, 0.15) is 0 Å². The number of hydrogen-bond donors (Lipinski definition) is 0. The molecule has 1 rings (SSSR count). The van der Waals surface area contributed by atoms with Crippen LogP contribution in [-0.2, 0) is 9.53 Å². The van der Waals surface area contributed by atoms with Gasteiger partial charge in [0.2, 0.25) is 5.91 Å². The molecule has 1 heterocycles. The van der Waals surface area contributed by atoms with Gasteiger partial charge in [0, 0.05) is 20.5 Å². The third-order valence-electron chi connectivity index (χ3n) is 3.27. The second-order valence-electron chi connectivity index (χ2n) is 6.62. The van der Waals surface area contributed by atoms with Crippen molar-refractivity contribution in [3.63, 3.8) is 0 Å². The van der Waals surface area contributed by atoms with Gasteiger partial charge in [-0.25, -0.2) is 0 Å². The summed E-state index contributed by atoms with van der Waals surface area (Å²) in [4.78, 5) is 13.4. The summed E-state index contributed by atoms with van der Waals surface area (Å²) >= 11 is 0. The molecule has 1 atom stereocenters. The molecule has 0 bridgehead atoms. The van der Waals surface area contributed by atoms with E-state index in [0.717, 1.165) is 13.0 Å². The van der Waals surface area contributed by atoms with Gasteiger partial charge in [-0.3, -0.25) is 4.79 Å². The van der Waals surface area contributed by atoms with Crippen LogP contribution in [-0.4, -0.2) is 37.6 Å². The molecular formula is C13H25NO2. The lowest BCUT2D eigenvalue weighted by Gasteiger charge is -2.34. The van der Waals surface area contributed by atoms with E-state index in [1.165, 1.54) is 0 Å². The van der Waals surface area contributed by atoms with Crippen LogP contribution in [0.5, 0.6) is 0 Å². The monoisotopic (exact) mass is 227 g/mol. The number of ether oxygens (including phenoxy) is 1. The van der Waals surface area contributed by atoms with E-state index in [1.807, 2.05) is 14.1 Å². The van der Waals surface area contributed by atoms with Crippen molar-refractivity contribution < 1.29 is 9.53 Å². The van der Waals surface area contributed by atoms with Crippen molar-refractivity contribution in [2.24, 2.45) is 10.8 Å². The van der Waals surface area contributed by atoms with Crippen LogP contribution < -0.4 is 0 Å². The first-order valence-electron chi connectivity index (χ1n) is 5.96. The third kappa shape index (κ3) is 3.78. The van der Waals surface area contributed by atoms with E-state index in [1.54, 1.807) is 4.90 Å². The first-order chi connectivity index (χ1) is 7.14. The van der Waals surface area contributed by atoms with Crippen LogP contribution in [0.2, 0.25) is 0 Å².